The molecular weight excluding hydrogens is 279 g/mol. The number of ether oxygens (including phenoxy) is 1. The highest BCUT2D eigenvalue weighted by Gasteiger charge is 2.24. The Kier molecular flexibility index (Phi) is 4.78. The Bertz CT molecular complexity index is 588. The van der Waals surface area contributed by atoms with Crippen molar-refractivity contribution in [2.75, 3.05) is 6.61 Å². The number of nitro benzene ring substituents is 1. The summed E-state index contributed by atoms with van der Waals surface area (Å²) >= 11 is 0. The molecule has 0 atom stereocenters. The number of nitrogens with two attached hydrogens (primary N) is 1. The molecule has 2 N–H and O–H groups in total. The number of unbranched alkanes of at least 4 members (excludes halogenated alkanes) is 1. The fraction of sp³-hybridized carbons (Fsp3) is 0.400. The number of benzene rings is 1. The molecule has 0 fully saturated rings. The molecule has 1 aromatic rings. The van der Waals surface area contributed by atoms with Crippen LogP contribution in [-0.2, 0) is 10.0 Å². The zero-order valence-electron chi connectivity index (χ0n) is 10.1. The Morgan fingerprint density at radius 3 is 2.58 bits per heavy atom. The molecule has 0 aliphatic carbocycles. The molecule has 9 heteroatoms. The lowest BCUT2D eigenvalue weighted by molar-refractivity contribution is -0.386. The maximum absolute atomic E-state index is 13.5. The predicted molar refractivity (Wildman–Crippen MR) is 64.8 cm³/mol. The summed E-state index contributed by atoms with van der Waals surface area (Å²) in [4.78, 5) is 9.03. The van der Waals surface area contributed by atoms with Crippen molar-refractivity contribution in [1.82, 2.24) is 0 Å². The van der Waals surface area contributed by atoms with Crippen molar-refractivity contribution < 1.29 is 22.5 Å². The van der Waals surface area contributed by atoms with Gasteiger partial charge in [-0.2, -0.15) is 0 Å². The fourth-order valence-corrected chi connectivity index (χ4v) is 1.93. The lowest BCUT2D eigenvalue weighted by Gasteiger charge is -2.08. The van der Waals surface area contributed by atoms with Crippen molar-refractivity contribution in [2.45, 2.75) is 24.7 Å². The first kappa shape index (κ1) is 15.3. The standard InChI is InChI=1S/C10H13FN2O5S/c1-2-3-4-18-9-5-7(11)10(19(12,16)17)6-8(9)13(14)15/h5-6H,2-4H2,1H3,(H2,12,16,17). The molecule has 0 saturated heterocycles. The van der Waals surface area contributed by atoms with E-state index in [1.54, 1.807) is 0 Å². The number of primary sulfonamides is 1. The van der Waals surface area contributed by atoms with Gasteiger partial charge in [0.05, 0.1) is 11.5 Å². The SMILES string of the molecule is CCCCOc1cc(F)c(S(N)(=O)=O)cc1[N+](=O)[O-]. The quantitative estimate of drug-likeness (QED) is 0.485. The first-order valence-corrected chi connectivity index (χ1v) is 6.95. The van der Waals surface area contributed by atoms with E-state index in [4.69, 9.17) is 9.88 Å². The second-order valence-corrected chi connectivity index (χ2v) is 5.28. The number of nitrogens with zero attached hydrogens (tertiary/aromatic N) is 1. The van der Waals surface area contributed by atoms with Crippen LogP contribution in [0.5, 0.6) is 5.75 Å². The average Bonchev–Trinajstić information content (AvgIpc) is 2.27. The van der Waals surface area contributed by atoms with Crippen LogP contribution in [0, 0.1) is 15.9 Å². The normalized spacial score (nSPS) is 11.3. The van der Waals surface area contributed by atoms with Gasteiger partial charge in [-0.05, 0) is 6.42 Å². The summed E-state index contributed by atoms with van der Waals surface area (Å²) < 4.78 is 40.8. The van der Waals surface area contributed by atoms with Crippen LogP contribution in [-0.4, -0.2) is 19.9 Å². The lowest BCUT2D eigenvalue weighted by Crippen LogP contribution is -2.15. The molecule has 0 aliphatic rings. The van der Waals surface area contributed by atoms with Gasteiger partial charge in [-0.3, -0.25) is 10.1 Å². The van der Waals surface area contributed by atoms with Crippen LogP contribution in [0.2, 0.25) is 0 Å². The Labute approximate surface area is 109 Å². The number of sulfonamides is 1. The number of halogens is 1. The van der Waals surface area contributed by atoms with Crippen LogP contribution in [0.3, 0.4) is 0 Å². The summed E-state index contributed by atoms with van der Waals surface area (Å²) in [6.45, 7) is 2.06. The second-order valence-electron chi connectivity index (χ2n) is 3.75. The summed E-state index contributed by atoms with van der Waals surface area (Å²) in [5.41, 5.74) is -0.637. The van der Waals surface area contributed by atoms with Crippen LogP contribution in [0.1, 0.15) is 19.8 Å². The topological polar surface area (TPSA) is 113 Å². The lowest BCUT2D eigenvalue weighted by atomic mass is 10.3. The molecule has 0 spiro atoms. The molecule has 0 amide bonds. The highest BCUT2D eigenvalue weighted by atomic mass is 32.2. The molecule has 106 valence electrons. The van der Waals surface area contributed by atoms with E-state index in [0.717, 1.165) is 6.42 Å². The number of hydrogen-bond donors (Lipinski definition) is 1. The molecular formula is C10H13FN2O5S. The van der Waals surface area contributed by atoms with Crippen LogP contribution >= 0.6 is 0 Å². The number of rotatable bonds is 6. The van der Waals surface area contributed by atoms with Gasteiger partial charge in [0.2, 0.25) is 10.0 Å². The minimum atomic E-state index is -4.37. The van der Waals surface area contributed by atoms with Crippen molar-refractivity contribution in [2.24, 2.45) is 5.14 Å². The summed E-state index contributed by atoms with van der Waals surface area (Å²) in [6.07, 6.45) is 1.43. The molecule has 7 nitrogen and oxygen atoms in total. The van der Waals surface area contributed by atoms with E-state index in [1.165, 1.54) is 0 Å². The third-order valence-electron chi connectivity index (χ3n) is 2.27. The van der Waals surface area contributed by atoms with Gasteiger partial charge in [0.1, 0.15) is 10.7 Å². The summed E-state index contributed by atoms with van der Waals surface area (Å²) in [5, 5.41) is 15.6. The molecule has 19 heavy (non-hydrogen) atoms. The van der Waals surface area contributed by atoms with Gasteiger partial charge in [0.15, 0.2) is 5.75 Å². The molecule has 0 aliphatic heterocycles. The van der Waals surface area contributed by atoms with E-state index < -0.39 is 31.3 Å². The smallest absolute Gasteiger partial charge is 0.312 e. The molecule has 1 rings (SSSR count). The maximum atomic E-state index is 13.5. The van der Waals surface area contributed by atoms with Gasteiger partial charge in [0, 0.05) is 12.1 Å². The largest absolute Gasteiger partial charge is 0.487 e. The summed E-state index contributed by atoms with van der Waals surface area (Å²) in [5.74, 6) is -1.50. The van der Waals surface area contributed by atoms with E-state index in [2.05, 4.69) is 0 Å². The monoisotopic (exact) mass is 292 g/mol. The first-order chi connectivity index (χ1) is 8.77. The molecule has 0 aromatic heterocycles. The van der Waals surface area contributed by atoms with Gasteiger partial charge < -0.3 is 4.74 Å². The van der Waals surface area contributed by atoms with E-state index in [0.29, 0.717) is 18.6 Å². The average molecular weight is 292 g/mol. The zero-order valence-corrected chi connectivity index (χ0v) is 10.9. The minimum absolute atomic E-state index is 0.172. The van der Waals surface area contributed by atoms with Crippen LogP contribution in [0.4, 0.5) is 10.1 Å². The predicted octanol–water partition coefficient (Wildman–Crippen LogP) is 1.56. The van der Waals surface area contributed by atoms with Gasteiger partial charge in [-0.1, -0.05) is 13.3 Å². The number of nitro groups is 1. The van der Waals surface area contributed by atoms with E-state index >= 15 is 0 Å². The van der Waals surface area contributed by atoms with E-state index in [1.807, 2.05) is 6.92 Å². The molecule has 0 unspecified atom stereocenters. The second kappa shape index (κ2) is 5.93. The van der Waals surface area contributed by atoms with Crippen LogP contribution in [0.25, 0.3) is 0 Å². The highest BCUT2D eigenvalue weighted by molar-refractivity contribution is 7.89. The Morgan fingerprint density at radius 1 is 1.47 bits per heavy atom. The zero-order chi connectivity index (χ0) is 14.6. The Balaban J connectivity index is 3.26. The minimum Gasteiger partial charge on any atom is -0.487 e. The molecule has 0 radical (unpaired) electrons. The number of hydrogen-bond acceptors (Lipinski definition) is 5. The van der Waals surface area contributed by atoms with Crippen LogP contribution in [0.15, 0.2) is 17.0 Å². The molecule has 0 bridgehead atoms. The Morgan fingerprint density at radius 2 is 2.11 bits per heavy atom. The van der Waals surface area contributed by atoms with E-state index in [9.17, 15) is 22.9 Å². The van der Waals surface area contributed by atoms with Gasteiger partial charge in [-0.15, -0.1) is 0 Å². The summed E-state index contributed by atoms with van der Waals surface area (Å²) in [6, 6.07) is 1.22. The van der Waals surface area contributed by atoms with Crippen molar-refractivity contribution in [3.63, 3.8) is 0 Å². The van der Waals surface area contributed by atoms with Crippen molar-refractivity contribution in [1.29, 1.82) is 0 Å². The third-order valence-corrected chi connectivity index (χ3v) is 3.20. The van der Waals surface area contributed by atoms with Crippen molar-refractivity contribution >= 4 is 15.7 Å². The first-order valence-electron chi connectivity index (χ1n) is 5.41. The summed E-state index contributed by atoms with van der Waals surface area (Å²) in [7, 11) is -4.37. The van der Waals surface area contributed by atoms with Gasteiger partial charge in [-0.25, -0.2) is 17.9 Å². The molecule has 0 saturated carbocycles. The third kappa shape index (κ3) is 3.86. The molecule has 0 heterocycles. The van der Waals surface area contributed by atoms with Crippen molar-refractivity contribution in [3.05, 3.63) is 28.1 Å². The Hall–Kier alpha value is -1.74. The van der Waals surface area contributed by atoms with Crippen molar-refractivity contribution in [3.8, 4) is 5.75 Å². The van der Waals surface area contributed by atoms with Gasteiger partial charge in [0.25, 0.3) is 0 Å². The van der Waals surface area contributed by atoms with Crippen LogP contribution < -0.4 is 9.88 Å². The highest BCUT2D eigenvalue weighted by Crippen LogP contribution is 2.31. The van der Waals surface area contributed by atoms with Gasteiger partial charge >= 0.3 is 5.69 Å². The van der Waals surface area contributed by atoms with E-state index in [-0.39, 0.29) is 12.4 Å². The molecule has 1 aromatic carbocycles. The maximum Gasteiger partial charge on any atom is 0.312 e. The fourth-order valence-electron chi connectivity index (χ4n) is 1.33.